The van der Waals surface area contributed by atoms with Gasteiger partial charge in [0, 0.05) is 18.3 Å². The van der Waals surface area contributed by atoms with Gasteiger partial charge in [-0.2, -0.15) is 0 Å². The quantitative estimate of drug-likeness (QED) is 0.717. The zero-order valence-corrected chi connectivity index (χ0v) is 13.6. The molecule has 0 aliphatic carbocycles. The van der Waals surface area contributed by atoms with Gasteiger partial charge in [-0.3, -0.25) is 4.98 Å². The Balaban J connectivity index is 1.62. The molecule has 0 bridgehead atoms. The first-order valence-corrected chi connectivity index (χ1v) is 8.21. The third-order valence-electron chi connectivity index (χ3n) is 4.12. The second-order valence-electron chi connectivity index (χ2n) is 5.84. The van der Waals surface area contributed by atoms with Crippen molar-refractivity contribution in [1.82, 2.24) is 4.98 Å². The normalized spacial score (nSPS) is 11.9. The lowest BCUT2D eigenvalue weighted by molar-refractivity contribution is 0.306. The number of aromatic nitrogens is 1. The van der Waals surface area contributed by atoms with Crippen LogP contribution in [0.25, 0.3) is 0 Å². The van der Waals surface area contributed by atoms with Crippen molar-refractivity contribution >= 4 is 0 Å². The lowest BCUT2D eigenvalue weighted by Gasteiger charge is -2.16. The van der Waals surface area contributed by atoms with Gasteiger partial charge in [0.2, 0.25) is 0 Å². The molecule has 2 N–H and O–H groups in total. The molecule has 3 aromatic rings. The summed E-state index contributed by atoms with van der Waals surface area (Å²) in [5.41, 5.74) is 9.64. The number of ether oxygens (including phenoxy) is 1. The number of pyridine rings is 1. The first-order chi connectivity index (χ1) is 11.8. The first kappa shape index (κ1) is 16.2. The van der Waals surface area contributed by atoms with E-state index in [-0.39, 0.29) is 0 Å². The summed E-state index contributed by atoms with van der Waals surface area (Å²) in [5, 5.41) is 0. The van der Waals surface area contributed by atoms with Crippen molar-refractivity contribution in [3.8, 4) is 5.75 Å². The molecule has 0 aliphatic rings. The van der Waals surface area contributed by atoms with Gasteiger partial charge in [-0.1, -0.05) is 42.5 Å². The molecule has 122 valence electrons. The van der Waals surface area contributed by atoms with E-state index in [9.17, 15) is 0 Å². The summed E-state index contributed by atoms with van der Waals surface area (Å²) in [6, 6.07) is 22.5. The van der Waals surface area contributed by atoms with Crippen LogP contribution in [-0.2, 0) is 13.0 Å². The third kappa shape index (κ3) is 4.43. The molecule has 0 saturated heterocycles. The van der Waals surface area contributed by atoms with Gasteiger partial charge in [0.25, 0.3) is 0 Å². The van der Waals surface area contributed by atoms with Crippen molar-refractivity contribution in [2.45, 2.75) is 18.9 Å². The monoisotopic (exact) mass is 318 g/mol. The number of hydrogen-bond acceptors (Lipinski definition) is 3. The predicted molar refractivity (Wildman–Crippen MR) is 97.0 cm³/mol. The van der Waals surface area contributed by atoms with E-state index in [0.717, 1.165) is 12.2 Å². The summed E-state index contributed by atoms with van der Waals surface area (Å²) in [7, 11) is 0. The van der Waals surface area contributed by atoms with Gasteiger partial charge in [0.05, 0.1) is 0 Å². The average molecular weight is 318 g/mol. The van der Waals surface area contributed by atoms with Crippen LogP contribution in [0.4, 0.5) is 0 Å². The van der Waals surface area contributed by atoms with Crippen LogP contribution in [0.3, 0.4) is 0 Å². The molecule has 1 heterocycles. The Morgan fingerprint density at radius 1 is 0.833 bits per heavy atom. The average Bonchev–Trinajstić information content (AvgIpc) is 2.67. The number of rotatable bonds is 7. The highest BCUT2D eigenvalue weighted by Crippen LogP contribution is 2.23. The minimum Gasteiger partial charge on any atom is -0.489 e. The largest absolute Gasteiger partial charge is 0.489 e. The molecular formula is C21H22N2O. The highest BCUT2D eigenvalue weighted by atomic mass is 16.5. The second kappa shape index (κ2) is 8.27. The number of nitrogens with zero attached hydrogens (tertiary/aromatic N) is 1. The minimum atomic E-state index is 0.301. The molecule has 3 rings (SSSR count). The first-order valence-electron chi connectivity index (χ1n) is 8.21. The van der Waals surface area contributed by atoms with Crippen molar-refractivity contribution < 1.29 is 4.74 Å². The van der Waals surface area contributed by atoms with Crippen LogP contribution in [0.1, 0.15) is 22.6 Å². The van der Waals surface area contributed by atoms with Gasteiger partial charge < -0.3 is 10.5 Å². The smallest absolute Gasteiger partial charge is 0.119 e. The molecule has 1 aromatic heterocycles. The Labute approximate surface area is 143 Å². The van der Waals surface area contributed by atoms with Gasteiger partial charge in [0.1, 0.15) is 12.4 Å². The zero-order valence-electron chi connectivity index (χ0n) is 13.6. The molecule has 0 aliphatic heterocycles. The summed E-state index contributed by atoms with van der Waals surface area (Å²) < 4.78 is 5.84. The fourth-order valence-electron chi connectivity index (χ4n) is 2.72. The van der Waals surface area contributed by atoms with Crippen LogP contribution >= 0.6 is 0 Å². The fourth-order valence-corrected chi connectivity index (χ4v) is 2.72. The molecule has 0 saturated carbocycles. The highest BCUT2D eigenvalue weighted by molar-refractivity contribution is 5.31. The maximum absolute atomic E-state index is 5.98. The molecule has 1 atom stereocenters. The summed E-state index contributed by atoms with van der Waals surface area (Å²) in [4.78, 5) is 4.06. The number of hydrogen-bond donors (Lipinski definition) is 1. The third-order valence-corrected chi connectivity index (χ3v) is 4.12. The molecule has 24 heavy (non-hydrogen) atoms. The SMILES string of the molecule is NCC(Cc1ccncc1)c1ccc(OCc2ccccc2)cc1. The molecular weight excluding hydrogens is 296 g/mol. The van der Waals surface area contributed by atoms with Crippen molar-refractivity contribution in [2.75, 3.05) is 6.54 Å². The Kier molecular flexibility index (Phi) is 5.59. The molecule has 0 radical (unpaired) electrons. The van der Waals surface area contributed by atoms with Crippen LogP contribution < -0.4 is 10.5 Å². The molecule has 2 aromatic carbocycles. The Morgan fingerprint density at radius 2 is 1.54 bits per heavy atom. The van der Waals surface area contributed by atoms with Gasteiger partial charge in [-0.15, -0.1) is 0 Å². The van der Waals surface area contributed by atoms with E-state index in [4.69, 9.17) is 10.5 Å². The van der Waals surface area contributed by atoms with Gasteiger partial charge in [-0.25, -0.2) is 0 Å². The van der Waals surface area contributed by atoms with Gasteiger partial charge in [0.15, 0.2) is 0 Å². The fraction of sp³-hybridized carbons (Fsp3) is 0.190. The highest BCUT2D eigenvalue weighted by Gasteiger charge is 2.11. The lowest BCUT2D eigenvalue weighted by Crippen LogP contribution is -2.15. The molecule has 3 heteroatoms. The van der Waals surface area contributed by atoms with Crippen molar-refractivity contribution in [3.05, 3.63) is 95.8 Å². The van der Waals surface area contributed by atoms with Crippen LogP contribution in [0, 0.1) is 0 Å². The van der Waals surface area contributed by atoms with E-state index < -0.39 is 0 Å². The van der Waals surface area contributed by atoms with E-state index in [1.807, 2.05) is 54.9 Å². The topological polar surface area (TPSA) is 48.1 Å². The predicted octanol–water partition coefficient (Wildman–Crippen LogP) is 3.95. The second-order valence-corrected chi connectivity index (χ2v) is 5.84. The van der Waals surface area contributed by atoms with Crippen molar-refractivity contribution in [2.24, 2.45) is 5.73 Å². The van der Waals surface area contributed by atoms with E-state index in [2.05, 4.69) is 29.2 Å². The van der Waals surface area contributed by atoms with Gasteiger partial charge >= 0.3 is 0 Å². The Morgan fingerprint density at radius 3 is 2.21 bits per heavy atom. The Hall–Kier alpha value is -2.65. The lowest BCUT2D eigenvalue weighted by atomic mass is 9.92. The zero-order chi connectivity index (χ0) is 16.6. The van der Waals surface area contributed by atoms with E-state index in [0.29, 0.717) is 19.1 Å². The molecule has 0 amide bonds. The van der Waals surface area contributed by atoms with Crippen LogP contribution in [-0.4, -0.2) is 11.5 Å². The van der Waals surface area contributed by atoms with Crippen molar-refractivity contribution in [3.63, 3.8) is 0 Å². The van der Waals surface area contributed by atoms with Crippen LogP contribution in [0.2, 0.25) is 0 Å². The summed E-state index contributed by atoms with van der Waals surface area (Å²) >= 11 is 0. The molecule has 3 nitrogen and oxygen atoms in total. The number of nitrogens with two attached hydrogens (primary N) is 1. The van der Waals surface area contributed by atoms with E-state index in [1.165, 1.54) is 16.7 Å². The van der Waals surface area contributed by atoms with Crippen LogP contribution in [0.5, 0.6) is 5.75 Å². The minimum absolute atomic E-state index is 0.301. The summed E-state index contributed by atoms with van der Waals surface area (Å²) in [6.07, 6.45) is 4.57. The maximum atomic E-state index is 5.98. The summed E-state index contributed by atoms with van der Waals surface area (Å²) in [5.74, 6) is 1.18. The molecule has 0 spiro atoms. The molecule has 1 unspecified atom stereocenters. The van der Waals surface area contributed by atoms with Crippen molar-refractivity contribution in [1.29, 1.82) is 0 Å². The molecule has 0 fully saturated rings. The van der Waals surface area contributed by atoms with Gasteiger partial charge in [-0.05, 0) is 53.9 Å². The standard InChI is InChI=1S/C21H22N2O/c22-15-20(14-17-10-12-23-13-11-17)19-6-8-21(9-7-19)24-16-18-4-2-1-3-5-18/h1-13,20H,14-16,22H2. The Bertz CT molecular complexity index is 727. The number of benzene rings is 2. The maximum Gasteiger partial charge on any atom is 0.119 e. The summed E-state index contributed by atoms with van der Waals surface area (Å²) in [6.45, 7) is 1.20. The van der Waals surface area contributed by atoms with E-state index >= 15 is 0 Å². The van der Waals surface area contributed by atoms with Crippen LogP contribution in [0.15, 0.2) is 79.1 Å². The van der Waals surface area contributed by atoms with E-state index in [1.54, 1.807) is 0 Å².